The van der Waals surface area contributed by atoms with Gasteiger partial charge in [0.25, 0.3) is 0 Å². The van der Waals surface area contributed by atoms with Gasteiger partial charge in [-0.1, -0.05) is 12.1 Å². The van der Waals surface area contributed by atoms with Gasteiger partial charge in [-0.05, 0) is 24.1 Å². The highest BCUT2D eigenvalue weighted by Gasteiger charge is 2.22. The van der Waals surface area contributed by atoms with Crippen molar-refractivity contribution >= 4 is 29.9 Å². The third kappa shape index (κ3) is 6.77. The Morgan fingerprint density at radius 1 is 1.12 bits per heavy atom. The molecule has 0 heterocycles. The van der Waals surface area contributed by atoms with Gasteiger partial charge in [0, 0.05) is 18.5 Å². The molecule has 1 aromatic carbocycles. The normalized spacial score (nSPS) is 12.7. The van der Waals surface area contributed by atoms with Crippen LogP contribution in [-0.4, -0.2) is 46.6 Å². The topological polar surface area (TPSA) is 159 Å². The van der Waals surface area contributed by atoms with E-state index in [1.165, 1.54) is 0 Å². The Bertz CT molecular complexity index is 602. The molecule has 6 N–H and O–H groups in total. The summed E-state index contributed by atoms with van der Waals surface area (Å²) < 4.78 is 0. The maximum atomic E-state index is 11.8. The number of hydrogen-bond acceptors (Lipinski definition) is 5. The van der Waals surface area contributed by atoms with E-state index in [-0.39, 0.29) is 19.3 Å². The number of nitrogens with one attached hydrogen (secondary N) is 2. The highest BCUT2D eigenvalue weighted by Crippen LogP contribution is 2.08. The molecule has 0 bridgehead atoms. The number of anilines is 1. The lowest BCUT2D eigenvalue weighted by molar-refractivity contribution is -0.139. The monoisotopic (exact) mass is 337 g/mol. The van der Waals surface area contributed by atoms with Gasteiger partial charge < -0.3 is 31.4 Å². The molecule has 0 aliphatic carbocycles. The minimum absolute atomic E-state index is 0.0317. The van der Waals surface area contributed by atoms with Gasteiger partial charge in [0.05, 0.1) is 6.04 Å². The summed E-state index contributed by atoms with van der Waals surface area (Å²) >= 11 is 0. The van der Waals surface area contributed by atoms with Gasteiger partial charge >= 0.3 is 18.0 Å². The summed E-state index contributed by atoms with van der Waals surface area (Å²) in [4.78, 5) is 44.4. The van der Waals surface area contributed by atoms with Crippen molar-refractivity contribution in [3.63, 3.8) is 0 Å². The molecule has 130 valence electrons. The number of aliphatic carboxylic acids is 2. The molecule has 9 nitrogen and oxygen atoms in total. The first kappa shape index (κ1) is 18.9. The molecule has 1 aromatic rings. The molecule has 0 fully saturated rings. The minimum Gasteiger partial charge on any atom is -0.481 e. The van der Waals surface area contributed by atoms with E-state index in [1.807, 2.05) is 0 Å². The van der Waals surface area contributed by atoms with Gasteiger partial charge in [0.2, 0.25) is 0 Å². The first-order valence-corrected chi connectivity index (χ1v) is 7.13. The number of rotatable bonds is 9. The number of carboxylic acids is 2. The number of carbonyl (C=O) groups is 4. The van der Waals surface area contributed by atoms with Crippen LogP contribution in [0.5, 0.6) is 0 Å². The Labute approximate surface area is 137 Å². The van der Waals surface area contributed by atoms with E-state index in [4.69, 9.17) is 10.8 Å². The molecule has 0 aliphatic rings. The number of benzene rings is 1. The number of nitrogens with two attached hydrogens (primary N) is 1. The molecule has 0 aromatic heterocycles. The van der Waals surface area contributed by atoms with Crippen molar-refractivity contribution in [2.24, 2.45) is 0 Å². The second-order valence-electron chi connectivity index (χ2n) is 5.13. The van der Waals surface area contributed by atoms with Crippen molar-refractivity contribution in [1.82, 2.24) is 10.6 Å². The Hall–Kier alpha value is -3.10. The number of carbonyl (C=O) groups excluding carboxylic acids is 2. The van der Waals surface area contributed by atoms with E-state index in [1.54, 1.807) is 24.3 Å². The van der Waals surface area contributed by atoms with E-state index in [2.05, 4.69) is 10.6 Å². The van der Waals surface area contributed by atoms with E-state index in [0.717, 1.165) is 0 Å². The minimum atomic E-state index is -1.24. The number of urea groups is 1. The first-order valence-electron chi connectivity index (χ1n) is 7.13. The summed E-state index contributed by atoms with van der Waals surface area (Å²) in [6, 6.07) is 3.44. The summed E-state index contributed by atoms with van der Waals surface area (Å²) in [5.74, 6) is -2.34. The number of aldehydes is 1. The van der Waals surface area contributed by atoms with E-state index < -0.39 is 30.1 Å². The quantitative estimate of drug-likeness (QED) is 0.313. The van der Waals surface area contributed by atoms with Crippen LogP contribution in [-0.2, 0) is 20.8 Å². The van der Waals surface area contributed by atoms with Crippen LogP contribution >= 0.6 is 0 Å². The second kappa shape index (κ2) is 9.13. The molecule has 0 aliphatic heterocycles. The fourth-order valence-electron chi connectivity index (χ4n) is 1.91. The van der Waals surface area contributed by atoms with Gasteiger partial charge in [-0.3, -0.25) is 4.79 Å². The average Bonchev–Trinajstić information content (AvgIpc) is 2.52. The highest BCUT2D eigenvalue weighted by atomic mass is 16.4. The number of amides is 2. The molecule has 0 radical (unpaired) electrons. The molecule has 2 amide bonds. The maximum absolute atomic E-state index is 11.8. The van der Waals surface area contributed by atoms with Gasteiger partial charge in [-0.25, -0.2) is 9.59 Å². The van der Waals surface area contributed by atoms with E-state index in [9.17, 15) is 24.3 Å². The van der Waals surface area contributed by atoms with Crippen LogP contribution in [0.25, 0.3) is 0 Å². The van der Waals surface area contributed by atoms with Crippen molar-refractivity contribution in [3.8, 4) is 0 Å². The van der Waals surface area contributed by atoms with Gasteiger partial charge in [0.1, 0.15) is 12.3 Å². The van der Waals surface area contributed by atoms with Crippen LogP contribution in [0.1, 0.15) is 18.4 Å². The summed E-state index contributed by atoms with van der Waals surface area (Å²) in [6.45, 7) is 0. The van der Waals surface area contributed by atoms with Gasteiger partial charge in [-0.2, -0.15) is 0 Å². The van der Waals surface area contributed by atoms with E-state index in [0.29, 0.717) is 17.5 Å². The number of nitrogen functional groups attached to an aromatic ring is 1. The molecule has 1 rings (SSSR count). The van der Waals surface area contributed by atoms with Crippen LogP contribution in [0.4, 0.5) is 10.5 Å². The summed E-state index contributed by atoms with van der Waals surface area (Å²) in [6.07, 6.45) is 0.0572. The zero-order valence-corrected chi connectivity index (χ0v) is 12.8. The molecule has 24 heavy (non-hydrogen) atoms. The lowest BCUT2D eigenvalue weighted by atomic mass is 10.1. The van der Waals surface area contributed by atoms with Gasteiger partial charge in [0.15, 0.2) is 0 Å². The second-order valence-corrected chi connectivity index (χ2v) is 5.13. The van der Waals surface area contributed by atoms with Crippen molar-refractivity contribution in [1.29, 1.82) is 0 Å². The van der Waals surface area contributed by atoms with Crippen LogP contribution in [0, 0.1) is 0 Å². The van der Waals surface area contributed by atoms with Crippen LogP contribution < -0.4 is 16.4 Å². The fourth-order valence-corrected chi connectivity index (χ4v) is 1.91. The molecule has 0 saturated carbocycles. The Morgan fingerprint density at radius 3 is 2.25 bits per heavy atom. The predicted octanol–water partition coefficient (Wildman–Crippen LogP) is -0.00400. The lowest BCUT2D eigenvalue weighted by Gasteiger charge is -2.17. The zero-order chi connectivity index (χ0) is 18.1. The molecular formula is C15H19N3O6. The van der Waals surface area contributed by atoms with Gasteiger partial charge in [-0.15, -0.1) is 0 Å². The van der Waals surface area contributed by atoms with Crippen LogP contribution in [0.3, 0.4) is 0 Å². The SMILES string of the molecule is Nc1ccc(C[C@H](NC(=O)N[C@H](C=O)CCC(=O)O)C(=O)O)cc1. The predicted molar refractivity (Wildman–Crippen MR) is 84.4 cm³/mol. The Morgan fingerprint density at radius 2 is 1.75 bits per heavy atom. The van der Waals surface area contributed by atoms with Crippen molar-refractivity contribution in [2.45, 2.75) is 31.3 Å². The Kier molecular flexibility index (Phi) is 7.21. The molecule has 2 atom stereocenters. The standard InChI is InChI=1S/C15H19N3O6/c16-10-3-1-9(2-4-10)7-12(14(22)23)18-15(24)17-11(8-19)5-6-13(20)21/h1-4,8,11-12H,5-7,16H2,(H,20,21)(H,22,23)(H2,17,18,24)/t11-,12-/m0/s1. The smallest absolute Gasteiger partial charge is 0.326 e. The average molecular weight is 337 g/mol. The third-order valence-corrected chi connectivity index (χ3v) is 3.17. The molecule has 0 unspecified atom stereocenters. The van der Waals surface area contributed by atoms with Crippen molar-refractivity contribution in [3.05, 3.63) is 29.8 Å². The van der Waals surface area contributed by atoms with E-state index >= 15 is 0 Å². The van der Waals surface area contributed by atoms with Crippen LogP contribution in [0.15, 0.2) is 24.3 Å². The van der Waals surface area contributed by atoms with Crippen molar-refractivity contribution < 1.29 is 29.4 Å². The Balaban J connectivity index is 2.61. The molecule has 9 heteroatoms. The summed E-state index contributed by atoms with van der Waals surface area (Å²) in [5, 5.41) is 22.2. The fraction of sp³-hybridized carbons (Fsp3) is 0.333. The largest absolute Gasteiger partial charge is 0.481 e. The number of hydrogen-bond donors (Lipinski definition) is 5. The number of carboxylic acid groups (broad SMARTS) is 2. The summed E-state index contributed by atoms with van der Waals surface area (Å²) in [5.41, 5.74) is 6.74. The molecule has 0 spiro atoms. The molecule has 0 saturated heterocycles. The third-order valence-electron chi connectivity index (χ3n) is 3.17. The lowest BCUT2D eigenvalue weighted by Crippen LogP contribution is -2.50. The van der Waals surface area contributed by atoms with Crippen LogP contribution in [0.2, 0.25) is 0 Å². The summed E-state index contributed by atoms with van der Waals surface area (Å²) in [7, 11) is 0. The molecular weight excluding hydrogens is 318 g/mol. The zero-order valence-electron chi connectivity index (χ0n) is 12.8. The maximum Gasteiger partial charge on any atom is 0.326 e. The first-order chi connectivity index (χ1) is 11.3. The highest BCUT2D eigenvalue weighted by molar-refractivity contribution is 5.84. The van der Waals surface area contributed by atoms with Crippen molar-refractivity contribution in [2.75, 3.05) is 5.73 Å².